The van der Waals surface area contributed by atoms with E-state index in [1.807, 2.05) is 26.4 Å². The third-order valence-electron chi connectivity index (χ3n) is 1.52. The van der Waals surface area contributed by atoms with Gasteiger partial charge in [0, 0.05) is 12.7 Å². The molecule has 12 heavy (non-hydrogen) atoms. The number of aromatic nitrogens is 1. The maximum absolute atomic E-state index is 5.61. The molecule has 1 aromatic rings. The van der Waals surface area contributed by atoms with Crippen LogP contribution in [0.2, 0.25) is 0 Å². The molecule has 0 aliphatic heterocycles. The smallest absolute Gasteiger partial charge is 0.0647 e. The molecule has 3 heteroatoms. The highest BCUT2D eigenvalue weighted by molar-refractivity contribution is 6.16. The van der Waals surface area contributed by atoms with Crippen molar-refractivity contribution in [3.8, 4) is 0 Å². The zero-order valence-corrected chi connectivity index (χ0v) is 8.17. The number of rotatable bonds is 3. The van der Waals surface area contributed by atoms with Crippen LogP contribution in [-0.2, 0) is 12.4 Å². The van der Waals surface area contributed by atoms with Crippen LogP contribution in [-0.4, -0.2) is 24.0 Å². The van der Waals surface area contributed by atoms with Crippen LogP contribution >= 0.6 is 11.6 Å². The lowest BCUT2D eigenvalue weighted by Crippen LogP contribution is -2.10. The van der Waals surface area contributed by atoms with Gasteiger partial charge in [0.1, 0.15) is 0 Å². The van der Waals surface area contributed by atoms with Crippen molar-refractivity contribution in [1.82, 2.24) is 9.88 Å². The van der Waals surface area contributed by atoms with E-state index in [0.717, 1.165) is 12.2 Å². The molecule has 0 bridgehead atoms. The lowest BCUT2D eigenvalue weighted by Gasteiger charge is -2.08. The van der Waals surface area contributed by atoms with E-state index in [9.17, 15) is 0 Å². The number of alkyl halides is 1. The average Bonchev–Trinajstić information content (AvgIpc) is 2.05. The number of nitrogens with zero attached hydrogens (tertiary/aromatic N) is 2. The Balaban J connectivity index is 2.65. The maximum atomic E-state index is 5.61. The maximum Gasteiger partial charge on any atom is 0.0647 e. The van der Waals surface area contributed by atoms with Crippen molar-refractivity contribution in [2.24, 2.45) is 0 Å². The molecule has 0 aromatic carbocycles. The molecule has 0 aliphatic carbocycles. The molecular formula is C9H13ClN2. The molecule has 0 aliphatic rings. The highest BCUT2D eigenvalue weighted by atomic mass is 35.5. The summed E-state index contributed by atoms with van der Waals surface area (Å²) in [5, 5.41) is 0. The van der Waals surface area contributed by atoms with Gasteiger partial charge >= 0.3 is 0 Å². The Bertz CT molecular complexity index is 231. The van der Waals surface area contributed by atoms with Crippen LogP contribution in [0.15, 0.2) is 18.3 Å². The van der Waals surface area contributed by atoms with Gasteiger partial charge in [0.2, 0.25) is 0 Å². The Kier molecular flexibility index (Phi) is 3.50. The molecule has 0 saturated carbocycles. The molecule has 2 nitrogen and oxygen atoms in total. The Labute approximate surface area is 78.2 Å². The van der Waals surface area contributed by atoms with Crippen LogP contribution in [0.25, 0.3) is 0 Å². The molecule has 0 saturated heterocycles. The van der Waals surface area contributed by atoms with E-state index >= 15 is 0 Å². The van der Waals surface area contributed by atoms with Crippen molar-refractivity contribution in [1.29, 1.82) is 0 Å². The van der Waals surface area contributed by atoms with E-state index in [1.54, 1.807) is 0 Å². The predicted molar refractivity (Wildman–Crippen MR) is 51.2 cm³/mol. The molecule has 1 aromatic heterocycles. The molecule has 0 N–H and O–H groups in total. The molecule has 0 fully saturated rings. The Morgan fingerprint density at radius 1 is 1.42 bits per heavy atom. The van der Waals surface area contributed by atoms with Crippen LogP contribution < -0.4 is 0 Å². The van der Waals surface area contributed by atoms with Crippen molar-refractivity contribution in [3.63, 3.8) is 0 Å². The second kappa shape index (κ2) is 4.43. The number of halogens is 1. The molecule has 1 rings (SSSR count). The lowest BCUT2D eigenvalue weighted by molar-refractivity contribution is 0.402. The normalized spacial score (nSPS) is 10.7. The standard InChI is InChI=1S/C9H13ClN2/c1-12(2)7-8-3-4-9(5-10)11-6-8/h3-4,6H,5,7H2,1-2H3. The summed E-state index contributed by atoms with van der Waals surface area (Å²) in [5.74, 6) is 0.488. The first-order valence-corrected chi connectivity index (χ1v) is 4.40. The Hall–Kier alpha value is -0.600. The summed E-state index contributed by atoms with van der Waals surface area (Å²) >= 11 is 5.61. The summed E-state index contributed by atoms with van der Waals surface area (Å²) in [6.07, 6.45) is 1.87. The third-order valence-corrected chi connectivity index (χ3v) is 1.80. The fourth-order valence-electron chi connectivity index (χ4n) is 0.993. The number of hydrogen-bond acceptors (Lipinski definition) is 2. The third kappa shape index (κ3) is 2.80. The summed E-state index contributed by atoms with van der Waals surface area (Å²) in [4.78, 5) is 6.30. The highest BCUT2D eigenvalue weighted by Crippen LogP contribution is 2.04. The molecule has 0 radical (unpaired) electrons. The summed E-state index contributed by atoms with van der Waals surface area (Å²) in [5.41, 5.74) is 2.15. The summed E-state index contributed by atoms with van der Waals surface area (Å²) in [6.45, 7) is 0.926. The predicted octanol–water partition coefficient (Wildman–Crippen LogP) is 1.88. The zero-order chi connectivity index (χ0) is 8.97. The number of hydrogen-bond donors (Lipinski definition) is 0. The summed E-state index contributed by atoms with van der Waals surface area (Å²) in [6, 6.07) is 4.02. The Morgan fingerprint density at radius 2 is 2.17 bits per heavy atom. The minimum Gasteiger partial charge on any atom is -0.305 e. The summed E-state index contributed by atoms with van der Waals surface area (Å²) < 4.78 is 0. The molecule has 0 atom stereocenters. The van der Waals surface area contributed by atoms with Gasteiger partial charge in [-0.25, -0.2) is 0 Å². The van der Waals surface area contributed by atoms with Crippen molar-refractivity contribution in [3.05, 3.63) is 29.6 Å². The van der Waals surface area contributed by atoms with E-state index in [0.29, 0.717) is 5.88 Å². The minimum atomic E-state index is 0.488. The lowest BCUT2D eigenvalue weighted by atomic mass is 10.2. The fourth-order valence-corrected chi connectivity index (χ4v) is 1.15. The first kappa shape index (κ1) is 9.49. The molecule has 66 valence electrons. The Morgan fingerprint density at radius 3 is 2.58 bits per heavy atom. The highest BCUT2D eigenvalue weighted by Gasteiger charge is 1.95. The van der Waals surface area contributed by atoms with Gasteiger partial charge in [-0.1, -0.05) is 6.07 Å². The van der Waals surface area contributed by atoms with Gasteiger partial charge in [-0.2, -0.15) is 0 Å². The van der Waals surface area contributed by atoms with Crippen LogP contribution in [0.4, 0.5) is 0 Å². The van der Waals surface area contributed by atoms with Crippen LogP contribution in [0.5, 0.6) is 0 Å². The van der Waals surface area contributed by atoms with E-state index in [2.05, 4.69) is 16.0 Å². The van der Waals surface area contributed by atoms with Gasteiger partial charge in [0.15, 0.2) is 0 Å². The van der Waals surface area contributed by atoms with Gasteiger partial charge in [0.05, 0.1) is 11.6 Å². The second-order valence-electron chi connectivity index (χ2n) is 3.03. The van der Waals surface area contributed by atoms with Gasteiger partial charge < -0.3 is 4.90 Å². The van der Waals surface area contributed by atoms with Crippen molar-refractivity contribution in [2.45, 2.75) is 12.4 Å². The first-order chi connectivity index (χ1) is 5.72. The molecule has 0 amide bonds. The minimum absolute atomic E-state index is 0.488. The molecule has 0 spiro atoms. The van der Waals surface area contributed by atoms with E-state index in [-0.39, 0.29) is 0 Å². The van der Waals surface area contributed by atoms with Gasteiger partial charge in [-0.3, -0.25) is 4.98 Å². The second-order valence-corrected chi connectivity index (χ2v) is 3.30. The van der Waals surface area contributed by atoms with Crippen molar-refractivity contribution < 1.29 is 0 Å². The van der Waals surface area contributed by atoms with Crippen molar-refractivity contribution >= 4 is 11.6 Å². The van der Waals surface area contributed by atoms with Crippen LogP contribution in [0, 0.1) is 0 Å². The van der Waals surface area contributed by atoms with Crippen LogP contribution in [0.3, 0.4) is 0 Å². The van der Waals surface area contributed by atoms with E-state index in [1.165, 1.54) is 5.56 Å². The largest absolute Gasteiger partial charge is 0.305 e. The van der Waals surface area contributed by atoms with E-state index in [4.69, 9.17) is 11.6 Å². The van der Waals surface area contributed by atoms with Crippen molar-refractivity contribution in [2.75, 3.05) is 14.1 Å². The summed E-state index contributed by atoms with van der Waals surface area (Å²) in [7, 11) is 4.07. The quantitative estimate of drug-likeness (QED) is 0.667. The monoisotopic (exact) mass is 184 g/mol. The van der Waals surface area contributed by atoms with Gasteiger partial charge in [-0.15, -0.1) is 11.6 Å². The topological polar surface area (TPSA) is 16.1 Å². The van der Waals surface area contributed by atoms with E-state index < -0.39 is 0 Å². The molecule has 1 heterocycles. The SMILES string of the molecule is CN(C)Cc1ccc(CCl)nc1. The fraction of sp³-hybridized carbons (Fsp3) is 0.444. The number of pyridine rings is 1. The first-order valence-electron chi connectivity index (χ1n) is 3.87. The molecule has 0 unspecified atom stereocenters. The zero-order valence-electron chi connectivity index (χ0n) is 7.42. The van der Waals surface area contributed by atoms with Gasteiger partial charge in [0.25, 0.3) is 0 Å². The molecular weight excluding hydrogens is 172 g/mol. The van der Waals surface area contributed by atoms with Crippen LogP contribution in [0.1, 0.15) is 11.3 Å². The average molecular weight is 185 g/mol. The van der Waals surface area contributed by atoms with Gasteiger partial charge in [-0.05, 0) is 25.7 Å².